The second kappa shape index (κ2) is 4.67. The molecule has 0 spiro atoms. The lowest BCUT2D eigenvalue weighted by Crippen LogP contribution is -2.16. The number of hydrogen-bond acceptors (Lipinski definition) is 5. The van der Waals surface area contributed by atoms with Crippen LogP contribution in [0.4, 0.5) is 0 Å². The first-order valence-electron chi connectivity index (χ1n) is 4.52. The van der Waals surface area contributed by atoms with E-state index in [2.05, 4.69) is 20.2 Å². The zero-order chi connectivity index (χ0) is 11.5. The number of hydrogen-bond donors (Lipinski definition) is 1. The molecule has 0 amide bonds. The minimum atomic E-state index is -0.245. The van der Waals surface area contributed by atoms with Gasteiger partial charge in [-0.05, 0) is 18.7 Å². The van der Waals surface area contributed by atoms with Crippen LogP contribution < -0.4 is 5.69 Å². The molecule has 0 unspecified atom stereocenters. The van der Waals surface area contributed by atoms with Crippen molar-refractivity contribution in [3.63, 3.8) is 0 Å². The SMILES string of the molecule is CCn1c(Sc2nccnc2Cl)n[nH]c1=O. The average Bonchev–Trinajstić information content (AvgIpc) is 2.63. The summed E-state index contributed by atoms with van der Waals surface area (Å²) in [6.45, 7) is 2.40. The van der Waals surface area contributed by atoms with E-state index in [9.17, 15) is 4.79 Å². The molecule has 16 heavy (non-hydrogen) atoms. The monoisotopic (exact) mass is 257 g/mol. The number of nitrogens with one attached hydrogen (secondary N) is 1. The van der Waals surface area contributed by atoms with Crippen LogP contribution in [0.5, 0.6) is 0 Å². The Balaban J connectivity index is 2.34. The van der Waals surface area contributed by atoms with Crippen LogP contribution in [0.15, 0.2) is 27.4 Å². The van der Waals surface area contributed by atoms with Gasteiger partial charge in [-0.1, -0.05) is 11.6 Å². The molecule has 0 bridgehead atoms. The van der Waals surface area contributed by atoms with Crippen molar-refractivity contribution < 1.29 is 0 Å². The van der Waals surface area contributed by atoms with E-state index in [1.54, 1.807) is 0 Å². The van der Waals surface area contributed by atoms with Crippen LogP contribution in [0.25, 0.3) is 0 Å². The van der Waals surface area contributed by atoms with Gasteiger partial charge in [0.25, 0.3) is 0 Å². The average molecular weight is 258 g/mol. The molecule has 1 N–H and O–H groups in total. The number of halogens is 1. The van der Waals surface area contributed by atoms with Crippen LogP contribution in [0.3, 0.4) is 0 Å². The maximum Gasteiger partial charge on any atom is 0.343 e. The Labute approximate surface area is 100 Å². The van der Waals surface area contributed by atoms with Crippen molar-refractivity contribution >= 4 is 23.4 Å². The topological polar surface area (TPSA) is 76.5 Å². The fourth-order valence-electron chi connectivity index (χ4n) is 1.12. The van der Waals surface area contributed by atoms with E-state index in [-0.39, 0.29) is 5.69 Å². The summed E-state index contributed by atoms with van der Waals surface area (Å²) in [6.07, 6.45) is 3.04. The molecule has 0 aromatic carbocycles. The summed E-state index contributed by atoms with van der Waals surface area (Å²) in [7, 11) is 0. The smallest absolute Gasteiger partial charge is 0.270 e. The Morgan fingerprint density at radius 1 is 1.50 bits per heavy atom. The molecule has 0 aliphatic carbocycles. The lowest BCUT2D eigenvalue weighted by atomic mass is 10.7. The third-order valence-electron chi connectivity index (χ3n) is 1.85. The van der Waals surface area contributed by atoms with E-state index >= 15 is 0 Å². The molecule has 0 aliphatic rings. The summed E-state index contributed by atoms with van der Waals surface area (Å²) in [5.74, 6) is 0. The number of nitrogens with zero attached hydrogens (tertiary/aromatic N) is 4. The van der Waals surface area contributed by atoms with E-state index in [0.717, 1.165) is 0 Å². The van der Waals surface area contributed by atoms with Gasteiger partial charge in [0.15, 0.2) is 10.3 Å². The third kappa shape index (κ3) is 2.10. The lowest BCUT2D eigenvalue weighted by molar-refractivity contribution is 0.660. The minimum absolute atomic E-state index is 0.245. The van der Waals surface area contributed by atoms with Gasteiger partial charge in [0, 0.05) is 18.9 Å². The third-order valence-corrected chi connectivity index (χ3v) is 3.23. The van der Waals surface area contributed by atoms with Crippen LogP contribution in [-0.4, -0.2) is 24.7 Å². The van der Waals surface area contributed by atoms with Crippen molar-refractivity contribution in [3.05, 3.63) is 28.0 Å². The number of H-pyrrole nitrogens is 1. The van der Waals surface area contributed by atoms with Crippen molar-refractivity contribution in [2.45, 2.75) is 23.7 Å². The maximum atomic E-state index is 11.3. The Bertz CT molecular complexity index is 551. The summed E-state index contributed by atoms with van der Waals surface area (Å²) in [5.41, 5.74) is -0.245. The first-order chi connectivity index (χ1) is 7.72. The highest BCUT2D eigenvalue weighted by Crippen LogP contribution is 2.27. The second-order valence-corrected chi connectivity index (χ2v) is 4.12. The summed E-state index contributed by atoms with van der Waals surface area (Å²) in [5, 5.41) is 7.60. The predicted molar refractivity (Wildman–Crippen MR) is 59.7 cm³/mol. The second-order valence-electron chi connectivity index (χ2n) is 2.81. The van der Waals surface area contributed by atoms with E-state index in [4.69, 9.17) is 11.6 Å². The number of rotatable bonds is 3. The van der Waals surface area contributed by atoms with Gasteiger partial charge < -0.3 is 0 Å². The molecule has 8 heteroatoms. The Morgan fingerprint density at radius 3 is 2.94 bits per heavy atom. The Morgan fingerprint density at radius 2 is 2.25 bits per heavy atom. The van der Waals surface area contributed by atoms with Crippen LogP contribution in [0, 0.1) is 0 Å². The first-order valence-corrected chi connectivity index (χ1v) is 5.71. The van der Waals surface area contributed by atoms with E-state index in [0.29, 0.717) is 21.9 Å². The van der Waals surface area contributed by atoms with Gasteiger partial charge in [-0.15, -0.1) is 5.10 Å². The quantitative estimate of drug-likeness (QED) is 0.894. The van der Waals surface area contributed by atoms with Crippen molar-refractivity contribution in [1.29, 1.82) is 0 Å². The molecule has 0 saturated carbocycles. The van der Waals surface area contributed by atoms with Gasteiger partial charge in [0.1, 0.15) is 5.03 Å². The summed E-state index contributed by atoms with van der Waals surface area (Å²) >= 11 is 7.06. The van der Waals surface area contributed by atoms with Gasteiger partial charge in [-0.25, -0.2) is 19.9 Å². The Hall–Kier alpha value is -1.34. The number of aromatic nitrogens is 5. The van der Waals surface area contributed by atoms with E-state index in [1.165, 1.54) is 28.7 Å². The summed E-state index contributed by atoms with van der Waals surface area (Å²) in [4.78, 5) is 19.3. The first kappa shape index (κ1) is 11.2. The highest BCUT2D eigenvalue weighted by atomic mass is 35.5. The zero-order valence-electron chi connectivity index (χ0n) is 8.35. The minimum Gasteiger partial charge on any atom is -0.270 e. The molecule has 0 fully saturated rings. The van der Waals surface area contributed by atoms with E-state index < -0.39 is 0 Å². The van der Waals surface area contributed by atoms with Crippen molar-refractivity contribution in [3.8, 4) is 0 Å². The van der Waals surface area contributed by atoms with Crippen LogP contribution in [0.2, 0.25) is 5.15 Å². The predicted octanol–water partition coefficient (Wildman–Crippen LogP) is 1.19. The number of aromatic amines is 1. The highest BCUT2D eigenvalue weighted by molar-refractivity contribution is 7.99. The van der Waals surface area contributed by atoms with E-state index in [1.807, 2.05) is 6.92 Å². The van der Waals surface area contributed by atoms with Gasteiger partial charge in [-0.2, -0.15) is 0 Å². The van der Waals surface area contributed by atoms with Gasteiger partial charge in [-0.3, -0.25) is 4.57 Å². The molecule has 2 heterocycles. The largest absolute Gasteiger partial charge is 0.343 e. The molecule has 84 valence electrons. The fourth-order valence-corrected chi connectivity index (χ4v) is 2.18. The molecule has 2 aromatic rings. The van der Waals surface area contributed by atoms with Gasteiger partial charge in [0.05, 0.1) is 0 Å². The molecule has 2 rings (SSSR count). The molecule has 0 aliphatic heterocycles. The molecule has 0 saturated heterocycles. The maximum absolute atomic E-state index is 11.3. The summed E-state index contributed by atoms with van der Waals surface area (Å²) < 4.78 is 1.50. The molecule has 6 nitrogen and oxygen atoms in total. The highest BCUT2D eigenvalue weighted by Gasteiger charge is 2.11. The molecule has 0 radical (unpaired) electrons. The van der Waals surface area contributed by atoms with Gasteiger partial charge in [0.2, 0.25) is 0 Å². The molecular formula is C8H8ClN5OS. The lowest BCUT2D eigenvalue weighted by Gasteiger charge is -2.01. The van der Waals surface area contributed by atoms with Crippen LogP contribution >= 0.6 is 23.4 Å². The Kier molecular flexibility index (Phi) is 3.25. The van der Waals surface area contributed by atoms with Gasteiger partial charge >= 0.3 is 5.69 Å². The molecular weight excluding hydrogens is 250 g/mol. The van der Waals surface area contributed by atoms with Crippen molar-refractivity contribution in [1.82, 2.24) is 24.7 Å². The zero-order valence-corrected chi connectivity index (χ0v) is 9.92. The molecule has 0 atom stereocenters. The normalized spacial score (nSPS) is 10.6. The van der Waals surface area contributed by atoms with Crippen molar-refractivity contribution in [2.75, 3.05) is 0 Å². The standard InChI is InChI=1S/C8H8ClN5OS/c1-2-14-7(15)12-13-8(14)16-6-5(9)10-3-4-11-6/h3-4H,2H2,1H3,(H,12,15). The van der Waals surface area contributed by atoms with Crippen molar-refractivity contribution in [2.24, 2.45) is 0 Å². The van der Waals surface area contributed by atoms with Crippen LogP contribution in [-0.2, 0) is 6.54 Å². The van der Waals surface area contributed by atoms with Crippen LogP contribution in [0.1, 0.15) is 6.92 Å². The fraction of sp³-hybridized carbons (Fsp3) is 0.250. The molecule has 2 aromatic heterocycles. The summed E-state index contributed by atoms with van der Waals surface area (Å²) in [6, 6.07) is 0.